The van der Waals surface area contributed by atoms with Crippen LogP contribution < -0.4 is 4.74 Å². The summed E-state index contributed by atoms with van der Waals surface area (Å²) in [6, 6.07) is 10.9. The van der Waals surface area contributed by atoms with Crippen LogP contribution in [0.3, 0.4) is 0 Å². The monoisotopic (exact) mass is 399 g/mol. The summed E-state index contributed by atoms with van der Waals surface area (Å²) in [6.07, 6.45) is 4.08. The number of hydrogen-bond acceptors (Lipinski definition) is 4. The Kier molecular flexibility index (Phi) is 4.36. The van der Waals surface area contributed by atoms with Gasteiger partial charge in [-0.2, -0.15) is 0 Å². The van der Waals surface area contributed by atoms with E-state index in [4.69, 9.17) is 4.74 Å². The van der Waals surface area contributed by atoms with Gasteiger partial charge in [0, 0.05) is 11.0 Å². The number of carbonyl (C=O) groups excluding carboxylic acids is 1. The van der Waals surface area contributed by atoms with Crippen LogP contribution in [0.1, 0.15) is 34.3 Å². The molecule has 0 atom stereocenters. The topological polar surface area (TPSA) is 49.8 Å². The second-order valence-corrected chi connectivity index (χ2v) is 7.33. The van der Waals surface area contributed by atoms with Crippen molar-refractivity contribution in [3.63, 3.8) is 0 Å². The molecule has 25 heavy (non-hydrogen) atoms. The Labute approximate surface area is 154 Å². The number of carbonyl (C=O) groups is 1. The van der Waals surface area contributed by atoms with Gasteiger partial charge in [-0.25, -0.2) is 0 Å². The molecule has 2 aliphatic rings. The summed E-state index contributed by atoms with van der Waals surface area (Å²) < 4.78 is 6.87. The molecule has 5 heteroatoms. The van der Waals surface area contributed by atoms with Crippen molar-refractivity contribution in [2.45, 2.75) is 19.4 Å². The van der Waals surface area contributed by atoms with Crippen LogP contribution in [0.4, 0.5) is 0 Å². The average Bonchev–Trinajstić information content (AvgIpc) is 3.22. The van der Waals surface area contributed by atoms with Gasteiger partial charge in [0.15, 0.2) is 5.76 Å². The highest BCUT2D eigenvalue weighted by molar-refractivity contribution is 9.10. The fourth-order valence-corrected chi connectivity index (χ4v) is 3.59. The fourth-order valence-electron chi connectivity index (χ4n) is 3.32. The van der Waals surface area contributed by atoms with Crippen LogP contribution in [0.15, 0.2) is 46.6 Å². The molecule has 2 aromatic carbocycles. The minimum Gasteiger partial charge on any atom is -0.507 e. The van der Waals surface area contributed by atoms with Crippen LogP contribution in [-0.2, 0) is 6.54 Å². The van der Waals surface area contributed by atoms with Gasteiger partial charge < -0.3 is 9.84 Å². The molecule has 0 bridgehead atoms. The van der Waals surface area contributed by atoms with Crippen molar-refractivity contribution >= 4 is 27.8 Å². The van der Waals surface area contributed by atoms with Crippen molar-refractivity contribution in [3.05, 3.63) is 63.3 Å². The Hall–Kier alpha value is -2.11. The molecule has 0 aromatic heterocycles. The summed E-state index contributed by atoms with van der Waals surface area (Å²) in [7, 11) is 0. The van der Waals surface area contributed by atoms with E-state index in [1.165, 1.54) is 12.8 Å². The lowest BCUT2D eigenvalue weighted by Crippen LogP contribution is -2.18. The maximum absolute atomic E-state index is 12.7. The fraction of sp³-hybridized carbons (Fsp3) is 0.250. The Balaban J connectivity index is 1.67. The number of aromatic hydroxyl groups is 1. The summed E-state index contributed by atoms with van der Waals surface area (Å²) in [5.74, 6) is 0.842. The predicted molar refractivity (Wildman–Crippen MR) is 99.7 cm³/mol. The van der Waals surface area contributed by atoms with Gasteiger partial charge in [-0.05, 0) is 61.8 Å². The standard InChI is InChI=1S/C20H18BrNO3/c21-14-5-3-13(4-6-14)11-18-19(24)15-7-8-17(23)16(20(15)25-18)12-22-9-1-2-10-22/h3-8,11,23H,1-2,9-10,12H2. The maximum Gasteiger partial charge on any atom is 0.231 e. The van der Waals surface area contributed by atoms with E-state index in [2.05, 4.69) is 20.8 Å². The molecule has 0 saturated carbocycles. The number of fused-ring (bicyclic) bond motifs is 1. The van der Waals surface area contributed by atoms with Crippen molar-refractivity contribution in [2.24, 2.45) is 0 Å². The molecule has 2 heterocycles. The minimum absolute atomic E-state index is 0.138. The molecule has 1 saturated heterocycles. The Morgan fingerprint density at radius 3 is 2.56 bits per heavy atom. The zero-order chi connectivity index (χ0) is 17.4. The van der Waals surface area contributed by atoms with Gasteiger partial charge >= 0.3 is 0 Å². The summed E-state index contributed by atoms with van der Waals surface area (Å²) in [5.41, 5.74) is 2.12. The number of halogens is 1. The largest absolute Gasteiger partial charge is 0.507 e. The van der Waals surface area contributed by atoms with E-state index in [0.29, 0.717) is 29.2 Å². The summed E-state index contributed by atoms with van der Waals surface area (Å²) in [5, 5.41) is 10.3. The van der Waals surface area contributed by atoms with Gasteiger partial charge in [0.2, 0.25) is 5.78 Å². The van der Waals surface area contributed by atoms with E-state index in [-0.39, 0.29) is 11.5 Å². The van der Waals surface area contributed by atoms with Crippen LogP contribution in [0.2, 0.25) is 0 Å². The highest BCUT2D eigenvalue weighted by Gasteiger charge is 2.31. The van der Waals surface area contributed by atoms with Gasteiger partial charge in [-0.3, -0.25) is 9.69 Å². The van der Waals surface area contributed by atoms with Crippen LogP contribution in [-0.4, -0.2) is 28.9 Å². The lowest BCUT2D eigenvalue weighted by molar-refractivity contribution is 0.101. The molecule has 2 aromatic rings. The van der Waals surface area contributed by atoms with Crippen molar-refractivity contribution in [3.8, 4) is 11.5 Å². The van der Waals surface area contributed by atoms with Crippen LogP contribution in [0, 0.1) is 0 Å². The van der Waals surface area contributed by atoms with E-state index >= 15 is 0 Å². The third-order valence-corrected chi connectivity index (χ3v) is 5.19. The molecule has 2 aliphatic heterocycles. The Morgan fingerprint density at radius 2 is 1.84 bits per heavy atom. The SMILES string of the molecule is O=C1C(=Cc2ccc(Br)cc2)Oc2c1ccc(O)c2CN1CCCC1. The summed E-state index contributed by atoms with van der Waals surface area (Å²) in [4.78, 5) is 14.9. The third-order valence-electron chi connectivity index (χ3n) is 4.66. The lowest BCUT2D eigenvalue weighted by Gasteiger charge is -2.17. The van der Waals surface area contributed by atoms with Crippen molar-refractivity contribution in [2.75, 3.05) is 13.1 Å². The molecule has 4 rings (SSSR count). The first-order valence-electron chi connectivity index (χ1n) is 8.39. The number of allylic oxidation sites excluding steroid dienone is 1. The van der Waals surface area contributed by atoms with E-state index in [0.717, 1.165) is 23.1 Å². The molecule has 0 amide bonds. The number of likely N-dealkylation sites (tertiary alicyclic amines) is 1. The number of Topliss-reactive ketones (excluding diaryl/α,β-unsaturated/α-hetero) is 1. The third kappa shape index (κ3) is 3.22. The molecule has 1 N–H and O–H groups in total. The van der Waals surface area contributed by atoms with E-state index in [1.54, 1.807) is 18.2 Å². The van der Waals surface area contributed by atoms with Gasteiger partial charge in [0.05, 0.1) is 11.1 Å². The Morgan fingerprint density at radius 1 is 1.12 bits per heavy atom. The second-order valence-electron chi connectivity index (χ2n) is 6.41. The molecular weight excluding hydrogens is 382 g/mol. The zero-order valence-corrected chi connectivity index (χ0v) is 15.3. The van der Waals surface area contributed by atoms with E-state index in [9.17, 15) is 9.90 Å². The second kappa shape index (κ2) is 6.65. The van der Waals surface area contributed by atoms with Crippen LogP contribution >= 0.6 is 15.9 Å². The smallest absolute Gasteiger partial charge is 0.231 e. The average molecular weight is 400 g/mol. The molecule has 0 radical (unpaired) electrons. The first-order valence-corrected chi connectivity index (χ1v) is 9.18. The molecule has 4 nitrogen and oxygen atoms in total. The van der Waals surface area contributed by atoms with Gasteiger partial charge in [-0.15, -0.1) is 0 Å². The number of hydrogen-bond donors (Lipinski definition) is 1. The summed E-state index contributed by atoms with van der Waals surface area (Å²) >= 11 is 3.40. The van der Waals surface area contributed by atoms with Gasteiger partial charge in [-0.1, -0.05) is 28.1 Å². The number of phenolic OH excluding ortho intramolecular Hbond substituents is 1. The number of ketones is 1. The molecule has 0 spiro atoms. The highest BCUT2D eigenvalue weighted by Crippen LogP contribution is 2.40. The Bertz CT molecular complexity index is 852. The van der Waals surface area contributed by atoms with Gasteiger partial charge in [0.1, 0.15) is 11.5 Å². The number of rotatable bonds is 3. The number of benzene rings is 2. The van der Waals surface area contributed by atoms with Crippen molar-refractivity contribution in [1.82, 2.24) is 4.90 Å². The number of ether oxygens (including phenoxy) is 1. The minimum atomic E-state index is -0.138. The molecular formula is C20H18BrNO3. The van der Waals surface area contributed by atoms with Crippen molar-refractivity contribution in [1.29, 1.82) is 0 Å². The molecule has 0 unspecified atom stereocenters. The van der Waals surface area contributed by atoms with Crippen molar-refractivity contribution < 1.29 is 14.6 Å². The summed E-state index contributed by atoms with van der Waals surface area (Å²) in [6.45, 7) is 2.63. The van der Waals surface area contributed by atoms with Crippen LogP contribution in [0.25, 0.3) is 6.08 Å². The number of nitrogens with zero attached hydrogens (tertiary/aromatic N) is 1. The zero-order valence-electron chi connectivity index (χ0n) is 13.7. The van der Waals surface area contributed by atoms with Crippen LogP contribution in [0.5, 0.6) is 11.5 Å². The van der Waals surface area contributed by atoms with Gasteiger partial charge in [0.25, 0.3) is 0 Å². The first kappa shape index (κ1) is 16.4. The molecule has 0 aliphatic carbocycles. The molecule has 128 valence electrons. The first-order chi connectivity index (χ1) is 12.1. The maximum atomic E-state index is 12.7. The molecule has 1 fully saturated rings. The van der Waals surface area contributed by atoms with E-state index in [1.807, 2.05) is 24.3 Å². The quantitative estimate of drug-likeness (QED) is 0.778. The normalized spacial score (nSPS) is 18.6. The lowest BCUT2D eigenvalue weighted by atomic mass is 10.0. The highest BCUT2D eigenvalue weighted by atomic mass is 79.9. The number of phenols is 1. The predicted octanol–water partition coefficient (Wildman–Crippen LogP) is 4.37. The van der Waals surface area contributed by atoms with E-state index < -0.39 is 0 Å².